The first-order valence-electron chi connectivity index (χ1n) is 12.0. The van der Waals surface area contributed by atoms with Crippen LogP contribution in [0.3, 0.4) is 0 Å². The van der Waals surface area contributed by atoms with Gasteiger partial charge in [-0.25, -0.2) is 0 Å². The first-order chi connectivity index (χ1) is 15.6. The van der Waals surface area contributed by atoms with E-state index >= 15 is 0 Å². The maximum Gasteiger partial charge on any atom is 0.312 e. The predicted octanol–water partition coefficient (Wildman–Crippen LogP) is 3.87. The van der Waals surface area contributed by atoms with Crippen molar-refractivity contribution < 1.29 is 23.9 Å². The standard InChI is InChI=1S/C26H34N2O5/c1-16(2)8-23(31)27-21-6-4-20(5-7-21)22(30)14-33-24(32)25-10-18-9-19(11-25)13-26(12-18,15-25)28-17(3)29/h4-7,16,18-19H,8-15H2,1-3H3,(H,27,31)(H,28,29)/t18-,19+,25?,26?. The Hall–Kier alpha value is -2.70. The van der Waals surface area contributed by atoms with Crippen LogP contribution in [0.2, 0.25) is 0 Å². The molecular weight excluding hydrogens is 420 g/mol. The zero-order valence-corrected chi connectivity index (χ0v) is 19.7. The lowest BCUT2D eigenvalue weighted by Gasteiger charge is -2.60. The SMILES string of the molecule is CC(=O)NC12C[C@H]3C[C@@H](C1)CC(C(=O)OCC(=O)c1ccc(NC(=O)CC(C)C)cc1)(C3)C2. The van der Waals surface area contributed by atoms with Gasteiger partial charge in [-0.05, 0) is 80.5 Å². The topological polar surface area (TPSA) is 102 Å². The second-order valence-electron chi connectivity index (χ2n) is 10.9. The molecule has 5 rings (SSSR count). The maximum atomic E-state index is 13.2. The number of esters is 1. The number of carbonyl (C=O) groups is 4. The molecule has 4 bridgehead atoms. The van der Waals surface area contributed by atoms with Crippen molar-refractivity contribution in [2.24, 2.45) is 23.2 Å². The van der Waals surface area contributed by atoms with Crippen LogP contribution in [0.15, 0.2) is 24.3 Å². The molecule has 4 fully saturated rings. The molecule has 0 heterocycles. The smallest absolute Gasteiger partial charge is 0.312 e. The van der Waals surface area contributed by atoms with Gasteiger partial charge in [-0.3, -0.25) is 19.2 Å². The van der Waals surface area contributed by atoms with E-state index < -0.39 is 5.41 Å². The minimum atomic E-state index is -0.600. The average molecular weight is 455 g/mol. The van der Waals surface area contributed by atoms with Gasteiger partial charge < -0.3 is 15.4 Å². The molecule has 2 N–H and O–H groups in total. The van der Waals surface area contributed by atoms with Crippen LogP contribution >= 0.6 is 0 Å². The molecule has 4 atom stereocenters. The lowest BCUT2D eigenvalue weighted by Crippen LogP contribution is -2.64. The summed E-state index contributed by atoms with van der Waals surface area (Å²) in [5, 5.41) is 5.96. The predicted molar refractivity (Wildman–Crippen MR) is 123 cm³/mol. The van der Waals surface area contributed by atoms with E-state index in [-0.39, 0.29) is 41.6 Å². The van der Waals surface area contributed by atoms with Gasteiger partial charge in [-0.1, -0.05) is 13.8 Å². The summed E-state index contributed by atoms with van der Waals surface area (Å²) < 4.78 is 5.56. The van der Waals surface area contributed by atoms with Gasteiger partial charge >= 0.3 is 5.97 Å². The van der Waals surface area contributed by atoms with Gasteiger partial charge in [-0.2, -0.15) is 0 Å². The number of carbonyl (C=O) groups excluding carboxylic acids is 4. The first-order valence-corrected chi connectivity index (χ1v) is 12.0. The second kappa shape index (κ2) is 8.92. The zero-order chi connectivity index (χ0) is 23.8. The van der Waals surface area contributed by atoms with E-state index in [1.54, 1.807) is 24.3 Å². The van der Waals surface area contributed by atoms with Gasteiger partial charge in [0.2, 0.25) is 11.8 Å². The summed E-state index contributed by atoms with van der Waals surface area (Å²) in [6.45, 7) is 5.18. The van der Waals surface area contributed by atoms with E-state index in [2.05, 4.69) is 10.6 Å². The summed E-state index contributed by atoms with van der Waals surface area (Å²) in [4.78, 5) is 49.5. The lowest BCUT2D eigenvalue weighted by atomic mass is 9.47. The van der Waals surface area contributed by atoms with Crippen LogP contribution in [0.4, 0.5) is 5.69 Å². The molecule has 4 aliphatic carbocycles. The van der Waals surface area contributed by atoms with Gasteiger partial charge in [0, 0.05) is 30.1 Å². The molecule has 4 aliphatic rings. The Morgan fingerprint density at radius 1 is 1.03 bits per heavy atom. The molecule has 1 aromatic carbocycles. The third-order valence-electron chi connectivity index (χ3n) is 7.35. The number of amides is 2. The Bertz CT molecular complexity index is 938. The van der Waals surface area contributed by atoms with Crippen LogP contribution in [0.5, 0.6) is 0 Å². The van der Waals surface area contributed by atoms with E-state index in [4.69, 9.17) is 4.74 Å². The summed E-state index contributed by atoms with van der Waals surface area (Å²) in [5.41, 5.74) is 0.155. The van der Waals surface area contributed by atoms with Crippen LogP contribution < -0.4 is 10.6 Å². The molecule has 178 valence electrons. The van der Waals surface area contributed by atoms with E-state index in [1.165, 1.54) is 6.92 Å². The molecule has 0 radical (unpaired) electrons. The number of anilines is 1. The van der Waals surface area contributed by atoms with Gasteiger partial charge in [0.05, 0.1) is 5.41 Å². The van der Waals surface area contributed by atoms with Crippen LogP contribution in [-0.2, 0) is 19.1 Å². The van der Waals surface area contributed by atoms with Gasteiger partial charge in [-0.15, -0.1) is 0 Å². The molecule has 7 nitrogen and oxygen atoms in total. The van der Waals surface area contributed by atoms with Crippen molar-refractivity contribution in [3.8, 4) is 0 Å². The van der Waals surface area contributed by atoms with Crippen molar-refractivity contribution in [2.75, 3.05) is 11.9 Å². The van der Waals surface area contributed by atoms with Crippen molar-refractivity contribution in [1.82, 2.24) is 5.32 Å². The Morgan fingerprint density at radius 3 is 2.24 bits per heavy atom. The summed E-state index contributed by atoms with van der Waals surface area (Å²) in [6, 6.07) is 6.64. The monoisotopic (exact) mass is 454 g/mol. The van der Waals surface area contributed by atoms with Crippen molar-refractivity contribution in [3.63, 3.8) is 0 Å². The molecule has 33 heavy (non-hydrogen) atoms. The van der Waals surface area contributed by atoms with E-state index in [9.17, 15) is 19.2 Å². The molecule has 4 saturated carbocycles. The van der Waals surface area contributed by atoms with Crippen LogP contribution in [-0.4, -0.2) is 35.7 Å². The Labute approximate surface area is 195 Å². The maximum absolute atomic E-state index is 13.2. The highest BCUT2D eigenvalue weighted by molar-refractivity contribution is 5.99. The number of nitrogens with one attached hydrogen (secondary N) is 2. The minimum absolute atomic E-state index is 0.0560. The Morgan fingerprint density at radius 2 is 1.67 bits per heavy atom. The molecule has 0 aromatic heterocycles. The highest BCUT2D eigenvalue weighted by Crippen LogP contribution is 2.62. The van der Waals surface area contributed by atoms with Crippen molar-refractivity contribution in [3.05, 3.63) is 29.8 Å². The molecule has 7 heteroatoms. The number of ether oxygens (including phenoxy) is 1. The average Bonchev–Trinajstić information content (AvgIpc) is 2.69. The molecule has 2 amide bonds. The lowest BCUT2D eigenvalue weighted by molar-refractivity contribution is -0.174. The highest BCUT2D eigenvalue weighted by atomic mass is 16.5. The highest BCUT2D eigenvalue weighted by Gasteiger charge is 2.61. The number of benzene rings is 1. The fraction of sp³-hybridized carbons (Fsp3) is 0.615. The van der Waals surface area contributed by atoms with E-state index in [0.29, 0.717) is 35.9 Å². The first kappa shape index (κ1) is 23.5. The summed E-state index contributed by atoms with van der Waals surface area (Å²) in [7, 11) is 0. The summed E-state index contributed by atoms with van der Waals surface area (Å²) in [6.07, 6.45) is 5.56. The number of ketones is 1. The molecule has 1 aromatic rings. The Balaban J connectivity index is 1.35. The fourth-order valence-electron chi connectivity index (χ4n) is 6.71. The molecule has 2 unspecified atom stereocenters. The van der Waals surface area contributed by atoms with Crippen LogP contribution in [0, 0.1) is 23.2 Å². The largest absolute Gasteiger partial charge is 0.457 e. The molecule has 0 spiro atoms. The Kier molecular flexibility index (Phi) is 6.34. The summed E-state index contributed by atoms with van der Waals surface area (Å²) in [5.74, 6) is 0.397. The fourth-order valence-corrected chi connectivity index (χ4v) is 6.71. The van der Waals surface area contributed by atoms with Crippen molar-refractivity contribution in [1.29, 1.82) is 0 Å². The van der Waals surface area contributed by atoms with Gasteiger partial charge in [0.15, 0.2) is 12.4 Å². The van der Waals surface area contributed by atoms with E-state index in [0.717, 1.165) is 32.1 Å². The third-order valence-corrected chi connectivity index (χ3v) is 7.35. The van der Waals surface area contributed by atoms with Crippen LogP contribution in [0.25, 0.3) is 0 Å². The van der Waals surface area contributed by atoms with Gasteiger partial charge in [0.25, 0.3) is 0 Å². The minimum Gasteiger partial charge on any atom is -0.457 e. The van der Waals surface area contributed by atoms with Crippen molar-refractivity contribution in [2.45, 2.75) is 71.3 Å². The van der Waals surface area contributed by atoms with E-state index in [1.807, 2.05) is 13.8 Å². The number of hydrogen-bond donors (Lipinski definition) is 2. The second-order valence-corrected chi connectivity index (χ2v) is 10.9. The summed E-state index contributed by atoms with van der Waals surface area (Å²) >= 11 is 0. The number of Topliss-reactive ketones (excluding diaryl/α,β-unsaturated/α-hetero) is 1. The van der Waals surface area contributed by atoms with Crippen LogP contribution in [0.1, 0.15) is 76.1 Å². The molecule has 0 saturated heterocycles. The number of hydrogen-bond acceptors (Lipinski definition) is 5. The van der Waals surface area contributed by atoms with Gasteiger partial charge in [0.1, 0.15) is 0 Å². The third kappa shape index (κ3) is 5.12. The number of rotatable bonds is 8. The van der Waals surface area contributed by atoms with Crippen molar-refractivity contribution >= 4 is 29.3 Å². The normalized spacial score (nSPS) is 29.6. The molecular formula is C26H34N2O5. The molecule has 0 aliphatic heterocycles. The zero-order valence-electron chi connectivity index (χ0n) is 19.7. The quantitative estimate of drug-likeness (QED) is 0.459.